The molecule has 0 unspecified atom stereocenters. The number of hydrogen-bond acceptors (Lipinski definition) is 3. The van der Waals surface area contributed by atoms with Gasteiger partial charge in [0.2, 0.25) is 11.8 Å². The first kappa shape index (κ1) is 17.3. The number of para-hydroxylation sites is 1. The largest absolute Gasteiger partial charge is 0.326 e. The Balaban J connectivity index is 1.76. The van der Waals surface area contributed by atoms with Gasteiger partial charge in [-0.25, -0.2) is 9.82 Å². The monoisotopic (exact) mass is 327 g/mol. The average Bonchev–Trinajstić information content (AvgIpc) is 2.57. The van der Waals surface area contributed by atoms with Gasteiger partial charge >= 0.3 is 0 Å². The molecule has 0 atom stereocenters. The van der Waals surface area contributed by atoms with Gasteiger partial charge in [0.25, 0.3) is 0 Å². The molecular weight excluding hydrogens is 309 g/mol. The molecule has 2 N–H and O–H groups in total. The highest BCUT2D eigenvalue weighted by atomic mass is 19.1. The summed E-state index contributed by atoms with van der Waals surface area (Å²) < 4.78 is 13.4. The second-order valence-electron chi connectivity index (χ2n) is 5.18. The zero-order valence-corrected chi connectivity index (χ0v) is 13.3. The van der Waals surface area contributed by atoms with Crippen molar-refractivity contribution in [3.05, 3.63) is 65.5 Å². The lowest BCUT2D eigenvalue weighted by Crippen LogP contribution is -2.21. The Morgan fingerprint density at radius 1 is 1.04 bits per heavy atom. The lowest BCUT2D eigenvalue weighted by atomic mass is 10.2. The molecular formula is C18H18FN3O2. The van der Waals surface area contributed by atoms with Crippen LogP contribution >= 0.6 is 0 Å². The Morgan fingerprint density at radius 2 is 1.71 bits per heavy atom. The van der Waals surface area contributed by atoms with E-state index in [1.54, 1.807) is 24.3 Å². The van der Waals surface area contributed by atoms with Crippen molar-refractivity contribution in [2.75, 3.05) is 5.32 Å². The van der Waals surface area contributed by atoms with Gasteiger partial charge in [-0.1, -0.05) is 36.4 Å². The van der Waals surface area contributed by atoms with E-state index in [0.717, 1.165) is 11.3 Å². The number of carbonyl (C=O) groups excluding carboxylic acids is 2. The molecule has 0 aliphatic rings. The Labute approximate surface area is 139 Å². The van der Waals surface area contributed by atoms with Crippen molar-refractivity contribution in [1.82, 2.24) is 5.43 Å². The predicted molar refractivity (Wildman–Crippen MR) is 91.2 cm³/mol. The Kier molecular flexibility index (Phi) is 6.19. The molecule has 6 heteroatoms. The van der Waals surface area contributed by atoms with Gasteiger partial charge < -0.3 is 5.32 Å². The third-order valence-electron chi connectivity index (χ3n) is 3.30. The van der Waals surface area contributed by atoms with Crippen molar-refractivity contribution in [3.8, 4) is 0 Å². The summed E-state index contributed by atoms with van der Waals surface area (Å²) >= 11 is 0. The lowest BCUT2D eigenvalue weighted by molar-refractivity contribution is -0.124. The number of anilines is 1. The van der Waals surface area contributed by atoms with E-state index < -0.39 is 11.7 Å². The summed E-state index contributed by atoms with van der Waals surface area (Å²) in [5.41, 5.74) is 4.22. The molecule has 0 saturated heterocycles. The van der Waals surface area contributed by atoms with Crippen LogP contribution in [0.3, 0.4) is 0 Å². The molecule has 2 aromatic rings. The number of nitrogens with one attached hydrogen (secondary N) is 2. The van der Waals surface area contributed by atoms with Gasteiger partial charge in [-0.05, 0) is 24.6 Å². The number of benzene rings is 2. The van der Waals surface area contributed by atoms with E-state index in [4.69, 9.17) is 0 Å². The van der Waals surface area contributed by atoms with Gasteiger partial charge in [-0.15, -0.1) is 0 Å². The van der Waals surface area contributed by atoms with Crippen LogP contribution in [0.1, 0.15) is 24.0 Å². The van der Waals surface area contributed by atoms with Crippen LogP contribution in [0.2, 0.25) is 0 Å². The van der Waals surface area contributed by atoms with E-state index in [0.29, 0.717) is 0 Å². The molecule has 0 aromatic heterocycles. The van der Waals surface area contributed by atoms with Gasteiger partial charge in [-0.2, -0.15) is 5.10 Å². The van der Waals surface area contributed by atoms with Crippen molar-refractivity contribution in [2.45, 2.75) is 19.8 Å². The van der Waals surface area contributed by atoms with E-state index in [1.165, 1.54) is 12.3 Å². The molecule has 0 heterocycles. The minimum absolute atomic E-state index is 0.00761. The predicted octanol–water partition coefficient (Wildman–Crippen LogP) is 3.00. The fourth-order valence-corrected chi connectivity index (χ4v) is 1.96. The molecule has 0 spiro atoms. The van der Waals surface area contributed by atoms with Crippen LogP contribution in [0.4, 0.5) is 10.1 Å². The number of aryl methyl sites for hydroxylation is 1. The number of hydrazone groups is 1. The average molecular weight is 327 g/mol. The number of hydrogen-bond donors (Lipinski definition) is 2. The van der Waals surface area contributed by atoms with Gasteiger partial charge in [0.15, 0.2) is 0 Å². The third kappa shape index (κ3) is 5.31. The van der Waals surface area contributed by atoms with E-state index >= 15 is 0 Å². The lowest BCUT2D eigenvalue weighted by Gasteiger charge is -2.07. The number of nitrogens with zero attached hydrogens (tertiary/aromatic N) is 1. The van der Waals surface area contributed by atoms with Crippen molar-refractivity contribution in [3.63, 3.8) is 0 Å². The van der Waals surface area contributed by atoms with E-state index in [-0.39, 0.29) is 24.3 Å². The number of carbonyl (C=O) groups is 2. The van der Waals surface area contributed by atoms with E-state index in [2.05, 4.69) is 15.8 Å². The summed E-state index contributed by atoms with van der Waals surface area (Å²) in [6.45, 7) is 1.89. The SMILES string of the molecule is Cc1ccccc1NC(=O)CCC(=O)N/N=C\c1ccccc1F. The van der Waals surface area contributed by atoms with Crippen LogP contribution in [0.5, 0.6) is 0 Å². The molecule has 0 saturated carbocycles. The Bertz CT molecular complexity index is 759. The molecule has 0 fully saturated rings. The van der Waals surface area contributed by atoms with Gasteiger partial charge in [0, 0.05) is 24.1 Å². The van der Waals surface area contributed by atoms with Crippen LogP contribution in [0.25, 0.3) is 0 Å². The minimum Gasteiger partial charge on any atom is -0.326 e. The molecule has 0 aliphatic heterocycles. The summed E-state index contributed by atoms with van der Waals surface area (Å²) in [4.78, 5) is 23.5. The minimum atomic E-state index is -0.423. The molecule has 24 heavy (non-hydrogen) atoms. The van der Waals surface area contributed by atoms with Gasteiger partial charge in [0.1, 0.15) is 5.82 Å². The van der Waals surface area contributed by atoms with Crippen LogP contribution in [0, 0.1) is 12.7 Å². The maximum atomic E-state index is 13.4. The zero-order chi connectivity index (χ0) is 17.4. The summed E-state index contributed by atoms with van der Waals surface area (Å²) in [7, 11) is 0. The molecule has 124 valence electrons. The van der Waals surface area contributed by atoms with Crippen molar-refractivity contribution < 1.29 is 14.0 Å². The van der Waals surface area contributed by atoms with Crippen LogP contribution in [-0.2, 0) is 9.59 Å². The molecule has 2 rings (SSSR count). The first-order valence-electron chi connectivity index (χ1n) is 7.48. The van der Waals surface area contributed by atoms with Crippen molar-refractivity contribution >= 4 is 23.7 Å². The van der Waals surface area contributed by atoms with Crippen LogP contribution in [0.15, 0.2) is 53.6 Å². The smallest absolute Gasteiger partial charge is 0.240 e. The van der Waals surface area contributed by atoms with Crippen LogP contribution < -0.4 is 10.7 Å². The maximum absolute atomic E-state index is 13.4. The highest BCUT2D eigenvalue weighted by Gasteiger charge is 2.07. The summed E-state index contributed by atoms with van der Waals surface area (Å²) in [5.74, 6) is -1.09. The fourth-order valence-electron chi connectivity index (χ4n) is 1.96. The van der Waals surface area contributed by atoms with E-state index in [1.807, 2.05) is 25.1 Å². The first-order chi connectivity index (χ1) is 11.6. The molecule has 2 aromatic carbocycles. The Hall–Kier alpha value is -3.02. The number of halogens is 1. The topological polar surface area (TPSA) is 70.6 Å². The highest BCUT2D eigenvalue weighted by molar-refractivity contribution is 5.94. The Morgan fingerprint density at radius 3 is 2.46 bits per heavy atom. The number of rotatable bonds is 6. The van der Waals surface area contributed by atoms with Gasteiger partial charge in [-0.3, -0.25) is 9.59 Å². The van der Waals surface area contributed by atoms with Gasteiger partial charge in [0.05, 0.1) is 6.21 Å². The second kappa shape index (κ2) is 8.57. The molecule has 0 aliphatic carbocycles. The quantitative estimate of drug-likeness (QED) is 0.632. The normalized spacial score (nSPS) is 10.6. The van der Waals surface area contributed by atoms with Crippen LogP contribution in [-0.4, -0.2) is 18.0 Å². The molecule has 0 bridgehead atoms. The second-order valence-corrected chi connectivity index (χ2v) is 5.18. The summed E-state index contributed by atoms with van der Waals surface area (Å²) in [6.07, 6.45) is 1.25. The molecule has 5 nitrogen and oxygen atoms in total. The van der Waals surface area contributed by atoms with E-state index in [9.17, 15) is 14.0 Å². The first-order valence-corrected chi connectivity index (χ1v) is 7.48. The van der Waals surface area contributed by atoms with Crippen molar-refractivity contribution in [2.24, 2.45) is 5.10 Å². The summed E-state index contributed by atoms with van der Waals surface area (Å²) in [6, 6.07) is 13.5. The fraction of sp³-hybridized carbons (Fsp3) is 0.167. The zero-order valence-electron chi connectivity index (χ0n) is 13.3. The highest BCUT2D eigenvalue weighted by Crippen LogP contribution is 2.13. The molecule has 2 amide bonds. The maximum Gasteiger partial charge on any atom is 0.240 e. The number of amides is 2. The third-order valence-corrected chi connectivity index (χ3v) is 3.30. The van der Waals surface area contributed by atoms with Crippen molar-refractivity contribution in [1.29, 1.82) is 0 Å². The standard InChI is InChI=1S/C18H18FN3O2/c1-13-6-2-5-9-16(13)21-17(23)10-11-18(24)22-20-12-14-7-3-4-8-15(14)19/h2-9,12H,10-11H2,1H3,(H,21,23)(H,22,24)/b20-12-. The summed E-state index contributed by atoms with van der Waals surface area (Å²) in [5, 5.41) is 6.43. The molecule has 0 radical (unpaired) electrons.